The van der Waals surface area contributed by atoms with Crippen molar-refractivity contribution < 1.29 is 34.1 Å². The van der Waals surface area contributed by atoms with E-state index in [0.717, 1.165) is 12.2 Å². The summed E-state index contributed by atoms with van der Waals surface area (Å²) in [5.74, 6) is -2.90. The molecule has 0 aromatic rings. The zero-order valence-electron chi connectivity index (χ0n) is 11.7. The van der Waals surface area contributed by atoms with Crippen molar-refractivity contribution >= 4 is 23.9 Å². The Kier molecular flexibility index (Phi) is 19.3. The van der Waals surface area contributed by atoms with E-state index in [9.17, 15) is 19.2 Å². The van der Waals surface area contributed by atoms with Crippen LogP contribution in [0.5, 0.6) is 0 Å². The monoisotopic (exact) mass is 300 g/mol. The molecule has 0 aromatic heterocycles. The minimum atomic E-state index is -0.870. The molecule has 7 heteroatoms. The highest BCUT2D eigenvalue weighted by Crippen LogP contribution is 1.98. The molecular weight excluding hydrogens is 280 g/mol. The summed E-state index contributed by atoms with van der Waals surface area (Å²) < 4.78 is 3.97. The first-order valence-electron chi connectivity index (χ1n) is 5.79. The van der Waals surface area contributed by atoms with Crippen molar-refractivity contribution in [2.75, 3.05) is 0 Å². The number of carbonyl (C=O) groups excluding carboxylic acids is 2. The van der Waals surface area contributed by atoms with Crippen LogP contribution in [-0.2, 0) is 23.9 Å². The van der Waals surface area contributed by atoms with Crippen molar-refractivity contribution in [1.29, 1.82) is 0 Å². The maximum absolute atomic E-state index is 9.92. The first kappa shape index (κ1) is 23.4. The number of carboxylic acid groups (broad SMARTS) is 2. The number of unbranched alkanes of at least 4 members (excludes halogenated alkanes) is 1. The molecule has 0 spiro atoms. The average molecular weight is 300 g/mol. The highest BCUT2D eigenvalue weighted by Gasteiger charge is 2.10. The van der Waals surface area contributed by atoms with Crippen molar-refractivity contribution in [3.8, 4) is 0 Å². The van der Waals surface area contributed by atoms with Crippen LogP contribution in [-0.4, -0.2) is 34.1 Å². The lowest BCUT2D eigenvalue weighted by Crippen LogP contribution is -1.97. The van der Waals surface area contributed by atoms with Gasteiger partial charge in [0.2, 0.25) is 0 Å². The van der Waals surface area contributed by atoms with E-state index in [2.05, 4.69) is 31.1 Å². The third-order valence-electron chi connectivity index (χ3n) is 1.59. The molecule has 0 fully saturated rings. The molecule has 0 unspecified atom stereocenters. The van der Waals surface area contributed by atoms with E-state index >= 15 is 0 Å². The second-order valence-electron chi connectivity index (χ2n) is 3.07. The molecule has 1 aliphatic heterocycles. The number of rotatable bonds is 5. The van der Waals surface area contributed by atoms with Gasteiger partial charge in [-0.3, -0.25) is 9.59 Å². The summed E-state index contributed by atoms with van der Waals surface area (Å²) >= 11 is 0. The van der Waals surface area contributed by atoms with Crippen LogP contribution < -0.4 is 0 Å². The fourth-order valence-electron chi connectivity index (χ4n) is 0.856. The third kappa shape index (κ3) is 22.9. The van der Waals surface area contributed by atoms with E-state index in [4.69, 9.17) is 10.2 Å². The highest BCUT2D eigenvalue weighted by molar-refractivity contribution is 6.04. The van der Waals surface area contributed by atoms with Crippen LogP contribution in [0, 0.1) is 0 Å². The molecule has 0 aromatic carbocycles. The summed E-state index contributed by atoms with van der Waals surface area (Å²) in [6.45, 7) is 12.0. The number of cyclic esters (lactones) is 2. The van der Waals surface area contributed by atoms with Gasteiger partial charge >= 0.3 is 23.9 Å². The summed E-state index contributed by atoms with van der Waals surface area (Å²) in [4.78, 5) is 39.6. The minimum Gasteiger partial charge on any atom is -0.481 e. The highest BCUT2D eigenvalue weighted by atomic mass is 16.6. The zero-order chi connectivity index (χ0) is 17.3. The quantitative estimate of drug-likeness (QED) is 0.345. The van der Waals surface area contributed by atoms with E-state index in [0.29, 0.717) is 12.8 Å². The maximum atomic E-state index is 9.92. The molecule has 0 saturated carbocycles. The molecule has 7 nitrogen and oxygen atoms in total. The Morgan fingerprint density at radius 3 is 1.29 bits per heavy atom. The van der Waals surface area contributed by atoms with Gasteiger partial charge in [-0.2, -0.15) is 0 Å². The Bertz CT molecular complexity index is 338. The van der Waals surface area contributed by atoms with E-state index in [-0.39, 0.29) is 12.8 Å². The summed E-state index contributed by atoms with van der Waals surface area (Å²) in [6.07, 6.45) is 3.19. The Balaban J connectivity index is -0.000000256. The van der Waals surface area contributed by atoms with Crippen molar-refractivity contribution in [3.63, 3.8) is 0 Å². The number of esters is 2. The van der Waals surface area contributed by atoms with Crippen LogP contribution in [0.3, 0.4) is 0 Å². The number of ether oxygens (including phenoxy) is 1. The molecule has 1 rings (SSSR count). The molecule has 1 heterocycles. The lowest BCUT2D eigenvalue weighted by molar-refractivity contribution is -0.150. The predicted molar refractivity (Wildman–Crippen MR) is 76.5 cm³/mol. The topological polar surface area (TPSA) is 118 Å². The Hall–Kier alpha value is -2.70. The fraction of sp³-hybridized carbons (Fsp3) is 0.286. The second-order valence-corrected chi connectivity index (χ2v) is 3.07. The zero-order valence-corrected chi connectivity index (χ0v) is 11.7. The summed E-state index contributed by atoms with van der Waals surface area (Å²) in [6, 6.07) is 0. The van der Waals surface area contributed by atoms with Gasteiger partial charge < -0.3 is 14.9 Å². The van der Waals surface area contributed by atoms with Gasteiger partial charge in [-0.25, -0.2) is 9.59 Å². The lowest BCUT2D eigenvalue weighted by atomic mass is 10.2. The smallest absolute Gasteiger partial charge is 0.338 e. The molecule has 2 N–H and O–H groups in total. The van der Waals surface area contributed by atoms with Gasteiger partial charge in [0.25, 0.3) is 0 Å². The van der Waals surface area contributed by atoms with Crippen LogP contribution in [0.25, 0.3) is 0 Å². The summed E-state index contributed by atoms with van der Waals surface area (Å²) in [5, 5.41) is 16.3. The second kappa shape index (κ2) is 17.3. The molecule has 0 aliphatic carbocycles. The molecular formula is C14H20O7. The van der Waals surface area contributed by atoms with Crippen LogP contribution in [0.15, 0.2) is 38.5 Å². The summed E-state index contributed by atoms with van der Waals surface area (Å²) in [5.41, 5.74) is 0. The largest absolute Gasteiger partial charge is 0.481 e. The molecule has 21 heavy (non-hydrogen) atoms. The van der Waals surface area contributed by atoms with E-state index in [1.54, 1.807) is 0 Å². The molecule has 0 radical (unpaired) electrons. The van der Waals surface area contributed by atoms with Gasteiger partial charge in [-0.15, -0.1) is 26.3 Å². The SMILES string of the molecule is C=C.C=C.O=C(O)CCCCC(=O)O.O=C1C=CC(=O)O1. The Morgan fingerprint density at radius 2 is 1.14 bits per heavy atom. The van der Waals surface area contributed by atoms with Crippen LogP contribution in [0.2, 0.25) is 0 Å². The van der Waals surface area contributed by atoms with Crippen molar-refractivity contribution in [2.45, 2.75) is 25.7 Å². The molecule has 0 amide bonds. The average Bonchev–Trinajstić information content (AvgIpc) is 2.83. The molecule has 1 aliphatic rings. The van der Waals surface area contributed by atoms with E-state index in [1.807, 2.05) is 0 Å². The first-order chi connectivity index (χ1) is 9.91. The van der Waals surface area contributed by atoms with Gasteiger partial charge in [-0.1, -0.05) is 0 Å². The Labute approximate surface area is 123 Å². The minimum absolute atomic E-state index is 0.0628. The molecule has 118 valence electrons. The maximum Gasteiger partial charge on any atom is 0.338 e. The normalized spacial score (nSPS) is 10.7. The molecule has 0 saturated heterocycles. The number of hydrogen-bond donors (Lipinski definition) is 2. The fourth-order valence-corrected chi connectivity index (χ4v) is 0.856. The summed E-state index contributed by atoms with van der Waals surface area (Å²) in [7, 11) is 0. The Morgan fingerprint density at radius 1 is 0.857 bits per heavy atom. The van der Waals surface area contributed by atoms with Gasteiger partial charge in [0.05, 0.1) is 0 Å². The number of carbonyl (C=O) groups is 4. The van der Waals surface area contributed by atoms with Gasteiger partial charge in [-0.05, 0) is 12.8 Å². The number of hydrogen-bond acceptors (Lipinski definition) is 5. The predicted octanol–water partition coefficient (Wildman–Crippen LogP) is 1.95. The third-order valence-corrected chi connectivity index (χ3v) is 1.59. The lowest BCUT2D eigenvalue weighted by Gasteiger charge is -1.92. The van der Waals surface area contributed by atoms with Crippen LogP contribution in [0.1, 0.15) is 25.7 Å². The standard InChI is InChI=1S/C6H10O4.C4H2O3.2C2H4/c7-5(8)3-1-2-4-6(9)10;5-3-1-2-4(6)7-3;2*1-2/h1-4H2,(H,7,8)(H,9,10);1-2H;2*1-2H2. The van der Waals surface area contributed by atoms with Crippen molar-refractivity contribution in [1.82, 2.24) is 0 Å². The van der Waals surface area contributed by atoms with Crippen molar-refractivity contribution in [2.24, 2.45) is 0 Å². The molecule has 0 atom stereocenters. The number of aliphatic carboxylic acids is 2. The van der Waals surface area contributed by atoms with Gasteiger partial charge in [0, 0.05) is 25.0 Å². The van der Waals surface area contributed by atoms with Gasteiger partial charge in [0.1, 0.15) is 0 Å². The molecule has 0 bridgehead atoms. The van der Waals surface area contributed by atoms with Gasteiger partial charge in [0.15, 0.2) is 0 Å². The van der Waals surface area contributed by atoms with E-state index < -0.39 is 23.9 Å². The van der Waals surface area contributed by atoms with E-state index in [1.165, 1.54) is 0 Å². The first-order valence-corrected chi connectivity index (χ1v) is 5.79. The van der Waals surface area contributed by atoms with Crippen LogP contribution >= 0.6 is 0 Å². The van der Waals surface area contributed by atoms with Crippen molar-refractivity contribution in [3.05, 3.63) is 38.5 Å². The van der Waals surface area contributed by atoms with Crippen LogP contribution in [0.4, 0.5) is 0 Å². The number of carboxylic acids is 2.